The first kappa shape index (κ1) is 25.3. The van der Waals surface area contributed by atoms with Gasteiger partial charge in [-0.25, -0.2) is 18.9 Å². The molecule has 0 unspecified atom stereocenters. The van der Waals surface area contributed by atoms with Gasteiger partial charge in [0.2, 0.25) is 0 Å². The highest BCUT2D eigenvalue weighted by Crippen LogP contribution is 2.27. The summed E-state index contributed by atoms with van der Waals surface area (Å²) in [4.78, 5) is 32.5. The van der Waals surface area contributed by atoms with Crippen LogP contribution in [0.25, 0.3) is 5.69 Å². The van der Waals surface area contributed by atoms with Crippen LogP contribution in [0.2, 0.25) is 0 Å². The molecule has 0 spiro atoms. The van der Waals surface area contributed by atoms with E-state index < -0.39 is 17.8 Å². The number of anilines is 2. The van der Waals surface area contributed by atoms with Crippen molar-refractivity contribution in [2.75, 3.05) is 17.7 Å². The summed E-state index contributed by atoms with van der Waals surface area (Å²) in [5.41, 5.74) is 2.53. The molecular weight excluding hydrogens is 477 g/mol. The Balaban J connectivity index is 1.46. The third-order valence-corrected chi connectivity index (χ3v) is 5.34. The number of hydrogen-bond acceptors (Lipinski definition) is 6. The highest BCUT2D eigenvalue weighted by molar-refractivity contribution is 5.99. The monoisotopic (exact) mass is 503 g/mol. The van der Waals surface area contributed by atoms with Gasteiger partial charge in [0, 0.05) is 36.8 Å². The molecule has 0 fully saturated rings. The number of pyridine rings is 2. The molecule has 0 aliphatic rings. The summed E-state index contributed by atoms with van der Waals surface area (Å²) in [6.07, 6.45) is 2.98. The van der Waals surface area contributed by atoms with Gasteiger partial charge in [-0.05, 0) is 49.2 Å². The lowest BCUT2D eigenvalue weighted by molar-refractivity contribution is 0.0953. The first-order valence-corrected chi connectivity index (χ1v) is 11.5. The van der Waals surface area contributed by atoms with E-state index in [0.717, 1.165) is 17.1 Å². The minimum Gasteiger partial charge on any atom is -0.454 e. The van der Waals surface area contributed by atoms with E-state index in [1.807, 2.05) is 39.0 Å². The van der Waals surface area contributed by atoms with Gasteiger partial charge in [0.05, 0.1) is 17.6 Å². The maximum absolute atomic E-state index is 14.6. The number of halogens is 1. The molecule has 4 aromatic rings. The minimum atomic E-state index is -0.871. The molecule has 3 aromatic heterocycles. The molecule has 11 heteroatoms. The number of carbonyl (C=O) groups is 2. The standard InChI is InChI=1S/C26H26FN7O3/c1-15(2)20-13-22(34(33-20)18-8-5-16(3)30-14-18)32-26(36)31-17-6-9-19(10-7-17)37-21-11-12-29-24(23(21)27)25(35)28-4/h5-15H,1-4H3,(H,28,35)(H2,31,32,36). The fourth-order valence-electron chi connectivity index (χ4n) is 3.35. The number of ether oxygens (including phenoxy) is 1. The first-order valence-electron chi connectivity index (χ1n) is 11.5. The van der Waals surface area contributed by atoms with Crippen molar-refractivity contribution in [2.45, 2.75) is 26.7 Å². The number of amides is 3. The number of nitrogens with one attached hydrogen (secondary N) is 3. The van der Waals surface area contributed by atoms with Crippen LogP contribution >= 0.6 is 0 Å². The molecule has 37 heavy (non-hydrogen) atoms. The molecule has 190 valence electrons. The number of aromatic nitrogens is 4. The van der Waals surface area contributed by atoms with Crippen LogP contribution in [0.3, 0.4) is 0 Å². The molecule has 0 saturated heterocycles. The second-order valence-corrected chi connectivity index (χ2v) is 8.44. The second-order valence-electron chi connectivity index (χ2n) is 8.44. The molecule has 0 atom stereocenters. The Morgan fingerprint density at radius 2 is 1.78 bits per heavy atom. The van der Waals surface area contributed by atoms with Crippen LogP contribution < -0.4 is 20.7 Å². The van der Waals surface area contributed by atoms with Gasteiger partial charge in [0.15, 0.2) is 17.3 Å². The summed E-state index contributed by atoms with van der Waals surface area (Å²) < 4.78 is 21.7. The number of hydrogen-bond donors (Lipinski definition) is 3. The summed E-state index contributed by atoms with van der Waals surface area (Å²) in [6.45, 7) is 5.93. The van der Waals surface area contributed by atoms with E-state index in [4.69, 9.17) is 4.74 Å². The van der Waals surface area contributed by atoms with Gasteiger partial charge in [0.1, 0.15) is 11.6 Å². The molecule has 4 rings (SSSR count). The average Bonchev–Trinajstić information content (AvgIpc) is 3.30. The van der Waals surface area contributed by atoms with E-state index in [1.165, 1.54) is 19.3 Å². The van der Waals surface area contributed by atoms with Gasteiger partial charge < -0.3 is 15.4 Å². The Morgan fingerprint density at radius 3 is 2.43 bits per heavy atom. The van der Waals surface area contributed by atoms with Gasteiger partial charge >= 0.3 is 6.03 Å². The lowest BCUT2D eigenvalue weighted by Crippen LogP contribution is -2.21. The van der Waals surface area contributed by atoms with Gasteiger partial charge in [-0.3, -0.25) is 15.1 Å². The Morgan fingerprint density at radius 1 is 1.03 bits per heavy atom. The lowest BCUT2D eigenvalue weighted by Gasteiger charge is -2.11. The summed E-state index contributed by atoms with van der Waals surface area (Å²) in [6, 6.07) is 12.8. The van der Waals surface area contributed by atoms with Crippen molar-refractivity contribution in [1.82, 2.24) is 25.1 Å². The van der Waals surface area contributed by atoms with Crippen LogP contribution in [-0.4, -0.2) is 38.7 Å². The molecule has 3 heterocycles. The highest BCUT2D eigenvalue weighted by atomic mass is 19.1. The fraction of sp³-hybridized carbons (Fsp3) is 0.192. The van der Waals surface area contributed by atoms with Crippen LogP contribution in [0.1, 0.15) is 41.6 Å². The summed E-state index contributed by atoms with van der Waals surface area (Å²) in [5, 5.41) is 12.5. The normalized spacial score (nSPS) is 10.8. The summed E-state index contributed by atoms with van der Waals surface area (Å²) >= 11 is 0. The van der Waals surface area contributed by atoms with Crippen LogP contribution in [0.5, 0.6) is 11.5 Å². The molecule has 0 radical (unpaired) electrons. The zero-order valence-corrected chi connectivity index (χ0v) is 20.7. The lowest BCUT2D eigenvalue weighted by atomic mass is 10.1. The van der Waals surface area contributed by atoms with Gasteiger partial charge in [-0.1, -0.05) is 13.8 Å². The zero-order chi connectivity index (χ0) is 26.5. The maximum Gasteiger partial charge on any atom is 0.324 e. The van der Waals surface area contributed by atoms with E-state index in [2.05, 4.69) is 31.0 Å². The van der Waals surface area contributed by atoms with E-state index in [1.54, 1.807) is 35.1 Å². The minimum absolute atomic E-state index is 0.146. The second kappa shape index (κ2) is 10.9. The number of nitrogens with zero attached hydrogens (tertiary/aromatic N) is 4. The first-order chi connectivity index (χ1) is 17.7. The van der Waals surface area contributed by atoms with Crippen molar-refractivity contribution in [3.63, 3.8) is 0 Å². The van der Waals surface area contributed by atoms with Crippen molar-refractivity contribution in [3.05, 3.63) is 83.8 Å². The molecule has 0 saturated carbocycles. The Bertz CT molecular complexity index is 1420. The Hall–Kier alpha value is -4.80. The van der Waals surface area contributed by atoms with Gasteiger partial charge in [-0.15, -0.1) is 0 Å². The molecule has 3 amide bonds. The van der Waals surface area contributed by atoms with E-state index in [0.29, 0.717) is 17.3 Å². The van der Waals surface area contributed by atoms with Crippen molar-refractivity contribution in [3.8, 4) is 17.2 Å². The molecule has 10 nitrogen and oxygen atoms in total. The average molecular weight is 504 g/mol. The smallest absolute Gasteiger partial charge is 0.324 e. The Kier molecular flexibility index (Phi) is 7.42. The zero-order valence-electron chi connectivity index (χ0n) is 20.7. The number of rotatable bonds is 7. The van der Waals surface area contributed by atoms with Crippen molar-refractivity contribution in [1.29, 1.82) is 0 Å². The molecule has 1 aromatic carbocycles. The van der Waals surface area contributed by atoms with Crippen LogP contribution in [0, 0.1) is 12.7 Å². The summed E-state index contributed by atoms with van der Waals surface area (Å²) in [5.74, 6) is -0.712. The SMILES string of the molecule is CNC(=O)c1nccc(Oc2ccc(NC(=O)Nc3cc(C(C)C)nn3-c3ccc(C)nc3)cc2)c1F. The van der Waals surface area contributed by atoms with Gasteiger partial charge in [-0.2, -0.15) is 5.10 Å². The molecule has 0 aliphatic heterocycles. The fourth-order valence-corrected chi connectivity index (χ4v) is 3.35. The predicted octanol–water partition coefficient (Wildman–Crippen LogP) is 5.03. The predicted molar refractivity (Wildman–Crippen MR) is 137 cm³/mol. The van der Waals surface area contributed by atoms with E-state index in [9.17, 15) is 14.0 Å². The van der Waals surface area contributed by atoms with Crippen LogP contribution in [0.15, 0.2) is 60.9 Å². The maximum atomic E-state index is 14.6. The molecular formula is C26H26FN7O3. The van der Waals surface area contributed by atoms with Gasteiger partial charge in [0.25, 0.3) is 5.91 Å². The molecule has 0 bridgehead atoms. The van der Waals surface area contributed by atoms with Crippen molar-refractivity contribution < 1.29 is 18.7 Å². The largest absolute Gasteiger partial charge is 0.454 e. The Labute approximate surface area is 212 Å². The third-order valence-electron chi connectivity index (χ3n) is 5.34. The topological polar surface area (TPSA) is 123 Å². The number of benzene rings is 1. The molecule has 0 aliphatic carbocycles. The van der Waals surface area contributed by atoms with Crippen molar-refractivity contribution in [2.24, 2.45) is 0 Å². The number of carbonyl (C=O) groups excluding carboxylic acids is 2. The van der Waals surface area contributed by atoms with Crippen molar-refractivity contribution >= 4 is 23.4 Å². The highest BCUT2D eigenvalue weighted by Gasteiger charge is 2.18. The third kappa shape index (κ3) is 5.89. The molecule has 3 N–H and O–H groups in total. The number of aryl methyl sites for hydroxylation is 1. The van der Waals surface area contributed by atoms with Crippen LogP contribution in [-0.2, 0) is 0 Å². The van der Waals surface area contributed by atoms with Crippen LogP contribution in [0.4, 0.5) is 20.7 Å². The quantitative estimate of drug-likeness (QED) is 0.325. The number of urea groups is 1. The van der Waals surface area contributed by atoms with E-state index in [-0.39, 0.29) is 17.4 Å². The summed E-state index contributed by atoms with van der Waals surface area (Å²) in [7, 11) is 1.38. The van der Waals surface area contributed by atoms with E-state index >= 15 is 0 Å².